The molecule has 0 aliphatic carbocycles. The van der Waals surface area contributed by atoms with Crippen LogP contribution in [0, 0.1) is 0 Å². The Balaban J connectivity index is 0.000000138. The zero-order valence-electron chi connectivity index (χ0n) is 73.5. The van der Waals surface area contributed by atoms with Crippen LogP contribution in [0.3, 0.4) is 0 Å². The van der Waals surface area contributed by atoms with Crippen LogP contribution >= 0.6 is 0 Å². The van der Waals surface area contributed by atoms with Gasteiger partial charge in [0.15, 0.2) is 34.9 Å². The number of hydrogen-bond donors (Lipinski definition) is 0. The molecule has 6 aromatic heterocycles. The van der Waals surface area contributed by atoms with Crippen LogP contribution in [-0.2, 0) is 0 Å². The molecular formula is C126H78N10. The van der Waals surface area contributed by atoms with E-state index < -0.39 is 0 Å². The number of nitrogens with zero attached hydrogens (tertiary/aromatic N) is 10. The second-order valence-corrected chi connectivity index (χ2v) is 35.2. The molecule has 136 heavy (non-hydrogen) atoms. The van der Waals surface area contributed by atoms with E-state index in [1.165, 1.54) is 119 Å². The minimum atomic E-state index is 0.603. The van der Waals surface area contributed by atoms with E-state index in [-0.39, 0.29) is 0 Å². The molecule has 0 N–H and O–H groups in total. The monoisotopic (exact) mass is 1730 g/mol. The molecule has 0 saturated carbocycles. The van der Waals surface area contributed by atoms with Gasteiger partial charge in [-0.25, -0.2) is 29.9 Å². The lowest BCUT2D eigenvalue weighted by Gasteiger charge is -2.13. The van der Waals surface area contributed by atoms with E-state index in [1.807, 2.05) is 0 Å². The van der Waals surface area contributed by atoms with Crippen LogP contribution < -0.4 is 0 Å². The van der Waals surface area contributed by atoms with E-state index in [4.69, 9.17) is 29.9 Å². The molecule has 0 aliphatic rings. The molecule has 6 heterocycles. The summed E-state index contributed by atoms with van der Waals surface area (Å²) in [5.41, 5.74) is 23.6. The van der Waals surface area contributed by atoms with Gasteiger partial charge in [0, 0.05) is 99.2 Å². The fourth-order valence-electron chi connectivity index (χ4n) is 21.2. The van der Waals surface area contributed by atoms with E-state index in [0.717, 1.165) is 111 Å². The van der Waals surface area contributed by atoms with Crippen LogP contribution in [0.15, 0.2) is 473 Å². The maximum Gasteiger partial charge on any atom is 0.164 e. The van der Waals surface area contributed by atoms with Crippen molar-refractivity contribution >= 4 is 152 Å². The highest BCUT2D eigenvalue weighted by atomic mass is 15.1. The molecule has 0 aliphatic heterocycles. The molecule has 632 valence electrons. The van der Waals surface area contributed by atoms with E-state index >= 15 is 0 Å². The highest BCUT2D eigenvalue weighted by Crippen LogP contribution is 2.46. The van der Waals surface area contributed by atoms with Crippen molar-refractivity contribution in [3.05, 3.63) is 473 Å². The first kappa shape index (κ1) is 77.6. The minimum absolute atomic E-state index is 0.603. The van der Waals surface area contributed by atoms with E-state index in [9.17, 15) is 0 Å². The van der Waals surface area contributed by atoms with Crippen molar-refractivity contribution in [1.29, 1.82) is 0 Å². The van der Waals surface area contributed by atoms with E-state index in [1.54, 1.807) is 0 Å². The summed E-state index contributed by atoms with van der Waals surface area (Å²) in [5, 5.41) is 24.0. The molecule has 0 amide bonds. The second-order valence-electron chi connectivity index (χ2n) is 35.2. The first-order valence-electron chi connectivity index (χ1n) is 46.2. The lowest BCUT2D eigenvalue weighted by Crippen LogP contribution is -2.01. The Morgan fingerprint density at radius 3 is 0.647 bits per heavy atom. The fourth-order valence-corrected chi connectivity index (χ4v) is 21.2. The van der Waals surface area contributed by atoms with Crippen molar-refractivity contribution in [2.24, 2.45) is 0 Å². The molecular weight excluding hydrogens is 1650 g/mol. The van der Waals surface area contributed by atoms with Crippen LogP contribution in [-0.4, -0.2) is 48.2 Å². The summed E-state index contributed by atoms with van der Waals surface area (Å²) in [4.78, 5) is 32.2. The quantitative estimate of drug-likeness (QED) is 0.113. The number of benzene rings is 22. The Hall–Kier alpha value is -18.4. The average Bonchev–Trinajstić information content (AvgIpc) is 1.75. The predicted molar refractivity (Wildman–Crippen MR) is 566 cm³/mol. The summed E-state index contributed by atoms with van der Waals surface area (Å²) in [6.45, 7) is 0. The largest absolute Gasteiger partial charge is 0.309 e. The van der Waals surface area contributed by atoms with Gasteiger partial charge in [0.1, 0.15) is 0 Å². The third kappa shape index (κ3) is 12.9. The van der Waals surface area contributed by atoms with Gasteiger partial charge in [-0.1, -0.05) is 340 Å². The normalized spacial score (nSPS) is 11.8. The maximum absolute atomic E-state index is 5.37. The Kier molecular flexibility index (Phi) is 18.1. The average molecular weight is 1730 g/mol. The predicted octanol–water partition coefficient (Wildman–Crippen LogP) is 32.4. The lowest BCUT2D eigenvalue weighted by molar-refractivity contribution is 1.07. The van der Waals surface area contributed by atoms with Gasteiger partial charge in [-0.3, -0.25) is 0 Å². The SMILES string of the molecule is c1ccc(-c2ccc3c(c2)c2ccccc2n3-c2cccc(-c3nc(-c4ccc5c6ccccc6c6ccccc6c5c4)nc(-c4ccc5c(c4)c4ccccc4n5-c4ccccc4)n3)c2)cc1.c1ccc(-c2ccc3c(c2)c2ccccc2n3-c2cccc(-c3nc(-c4ccc5c6ccccc6c6ccccc6c5c4)nc(-c4ccc5c6ccccc6n(-c6ccccc6)c5c4)n3)c2)cc1. The molecule has 0 unspecified atom stereocenters. The van der Waals surface area contributed by atoms with E-state index in [0.29, 0.717) is 34.9 Å². The topological polar surface area (TPSA) is 97.1 Å². The molecule has 0 fully saturated rings. The first-order chi connectivity index (χ1) is 67.4. The van der Waals surface area contributed by atoms with Crippen molar-refractivity contribution in [2.45, 2.75) is 0 Å². The molecule has 0 radical (unpaired) electrons. The minimum Gasteiger partial charge on any atom is -0.309 e. The second kappa shape index (κ2) is 31.7. The van der Waals surface area contributed by atoms with Gasteiger partial charge >= 0.3 is 0 Å². The number of aromatic nitrogens is 10. The summed E-state index contributed by atoms with van der Waals surface area (Å²) in [7, 11) is 0. The third-order valence-electron chi connectivity index (χ3n) is 27.5. The number of para-hydroxylation sites is 6. The summed E-state index contributed by atoms with van der Waals surface area (Å²) in [6, 6.07) is 169. The zero-order chi connectivity index (χ0) is 89.4. The summed E-state index contributed by atoms with van der Waals surface area (Å²) in [6.07, 6.45) is 0. The molecule has 10 heteroatoms. The highest BCUT2D eigenvalue weighted by Gasteiger charge is 2.25. The summed E-state index contributed by atoms with van der Waals surface area (Å²) < 4.78 is 9.40. The number of fused-ring (bicyclic) bond motifs is 24. The van der Waals surface area contributed by atoms with Crippen molar-refractivity contribution in [3.63, 3.8) is 0 Å². The Morgan fingerprint density at radius 2 is 0.301 bits per heavy atom. The fraction of sp³-hybridized carbons (Fsp3) is 0. The molecule has 0 saturated heterocycles. The third-order valence-corrected chi connectivity index (χ3v) is 27.5. The van der Waals surface area contributed by atoms with Crippen molar-refractivity contribution in [2.75, 3.05) is 0 Å². The summed E-state index contributed by atoms with van der Waals surface area (Å²) in [5.74, 6) is 3.66. The maximum atomic E-state index is 5.37. The standard InChI is InChI=1S/2C63H39N5/c1-3-16-40(17-4-1)41-31-34-60-55(37-41)52-26-12-14-29-58(52)68(60)46-21-15-18-42(36-46)61-64-62(43-30-33-51-49-24-8-7-22-47(49)48-23-9-10-25-50(48)54(51)38-43)66-63(65-61)44-32-35-59-56(39-44)53-27-11-13-28-57(53)67(59)45-19-5-2-6-20-45;1-3-16-40(17-4-1)41-32-35-59-56(37-41)53-27-12-14-29-58(53)68(59)46-21-15-18-42(36-46)61-64-62(43-30-33-51-49-24-8-7-22-47(49)48-23-9-10-25-50(48)55(51)38-43)66-63(65-61)44-31-34-54-52-26-11-13-28-57(52)67(60(54)39-44)45-19-5-2-6-20-45/h2*1-39H. The van der Waals surface area contributed by atoms with Gasteiger partial charge in [-0.05, 0) is 220 Å². The number of hydrogen-bond acceptors (Lipinski definition) is 6. The lowest BCUT2D eigenvalue weighted by atomic mass is 9.93. The van der Waals surface area contributed by atoms with Crippen molar-refractivity contribution < 1.29 is 0 Å². The van der Waals surface area contributed by atoms with Gasteiger partial charge in [0.25, 0.3) is 0 Å². The molecule has 22 aromatic carbocycles. The number of rotatable bonds is 12. The smallest absolute Gasteiger partial charge is 0.164 e. The molecule has 28 rings (SSSR count). The first-order valence-corrected chi connectivity index (χ1v) is 46.2. The highest BCUT2D eigenvalue weighted by molar-refractivity contribution is 6.27. The molecule has 0 atom stereocenters. The Labute approximate surface area is 781 Å². The Bertz CT molecular complexity index is 9680. The molecule has 10 nitrogen and oxygen atoms in total. The van der Waals surface area contributed by atoms with Gasteiger partial charge in [-0.15, -0.1) is 0 Å². The molecule has 28 aromatic rings. The van der Waals surface area contributed by atoms with Gasteiger partial charge < -0.3 is 18.3 Å². The van der Waals surface area contributed by atoms with E-state index in [2.05, 4.69) is 491 Å². The van der Waals surface area contributed by atoms with Gasteiger partial charge in [0.05, 0.1) is 44.1 Å². The van der Waals surface area contributed by atoms with Crippen LogP contribution in [0.4, 0.5) is 0 Å². The summed E-state index contributed by atoms with van der Waals surface area (Å²) >= 11 is 0. The molecule has 0 spiro atoms. The van der Waals surface area contributed by atoms with Crippen LogP contribution in [0.25, 0.3) is 265 Å². The van der Waals surface area contributed by atoms with Gasteiger partial charge in [0.2, 0.25) is 0 Å². The van der Waals surface area contributed by atoms with Gasteiger partial charge in [-0.2, -0.15) is 0 Å². The van der Waals surface area contributed by atoms with Crippen molar-refractivity contribution in [3.8, 4) is 113 Å². The molecule has 0 bridgehead atoms. The van der Waals surface area contributed by atoms with Crippen LogP contribution in [0.1, 0.15) is 0 Å². The van der Waals surface area contributed by atoms with Crippen molar-refractivity contribution in [1.82, 2.24) is 48.2 Å². The Morgan fingerprint density at radius 1 is 0.103 bits per heavy atom. The zero-order valence-corrected chi connectivity index (χ0v) is 73.5. The van der Waals surface area contributed by atoms with Crippen LogP contribution in [0.5, 0.6) is 0 Å². The van der Waals surface area contributed by atoms with Crippen LogP contribution in [0.2, 0.25) is 0 Å².